The molecule has 2 N–H and O–H groups in total. The van der Waals surface area contributed by atoms with Gasteiger partial charge in [0.2, 0.25) is 5.95 Å². The summed E-state index contributed by atoms with van der Waals surface area (Å²) in [6.45, 7) is 5.05. The Balaban J connectivity index is 2.12. The highest BCUT2D eigenvalue weighted by atomic mass is 16.5. The standard InChI is InChI=1S/C15H21N5O/c1-4-5-8-16-14-10-17-20-15(19-14)18-12-9-11(2)6-7-13(12)21-3/h6-7,9-10H,4-5,8H2,1-3H3,(H2,16,18,19,20). The second-order valence-corrected chi connectivity index (χ2v) is 4.77. The van der Waals surface area contributed by atoms with E-state index in [-0.39, 0.29) is 0 Å². The maximum Gasteiger partial charge on any atom is 0.249 e. The molecule has 21 heavy (non-hydrogen) atoms. The van der Waals surface area contributed by atoms with E-state index in [2.05, 4.69) is 32.7 Å². The van der Waals surface area contributed by atoms with E-state index in [0.29, 0.717) is 11.8 Å². The smallest absolute Gasteiger partial charge is 0.249 e. The van der Waals surface area contributed by atoms with E-state index in [0.717, 1.165) is 36.4 Å². The molecule has 0 aliphatic heterocycles. The zero-order chi connectivity index (χ0) is 15.1. The zero-order valence-corrected chi connectivity index (χ0v) is 12.7. The van der Waals surface area contributed by atoms with E-state index >= 15 is 0 Å². The van der Waals surface area contributed by atoms with Crippen molar-refractivity contribution in [3.8, 4) is 5.75 Å². The topological polar surface area (TPSA) is 72.0 Å². The molecule has 2 rings (SSSR count). The highest BCUT2D eigenvalue weighted by Gasteiger charge is 2.06. The summed E-state index contributed by atoms with van der Waals surface area (Å²) in [6.07, 6.45) is 3.85. The highest BCUT2D eigenvalue weighted by Crippen LogP contribution is 2.27. The monoisotopic (exact) mass is 287 g/mol. The van der Waals surface area contributed by atoms with Gasteiger partial charge in [0.15, 0.2) is 5.82 Å². The van der Waals surface area contributed by atoms with Gasteiger partial charge in [-0.05, 0) is 31.0 Å². The quantitative estimate of drug-likeness (QED) is 0.762. The minimum absolute atomic E-state index is 0.445. The van der Waals surface area contributed by atoms with Crippen LogP contribution in [0.25, 0.3) is 0 Å². The van der Waals surface area contributed by atoms with Gasteiger partial charge in [-0.1, -0.05) is 19.4 Å². The van der Waals surface area contributed by atoms with Crippen molar-refractivity contribution in [2.45, 2.75) is 26.7 Å². The summed E-state index contributed by atoms with van der Waals surface area (Å²) in [5.41, 5.74) is 1.95. The van der Waals surface area contributed by atoms with Gasteiger partial charge in [0.1, 0.15) is 5.75 Å². The lowest BCUT2D eigenvalue weighted by molar-refractivity contribution is 0.416. The lowest BCUT2D eigenvalue weighted by atomic mass is 10.2. The SMILES string of the molecule is CCCCNc1cnnc(Nc2cc(C)ccc2OC)n1. The number of nitrogens with one attached hydrogen (secondary N) is 2. The Morgan fingerprint density at radius 1 is 1.29 bits per heavy atom. The summed E-state index contributed by atoms with van der Waals surface area (Å²) in [7, 11) is 1.64. The fourth-order valence-electron chi connectivity index (χ4n) is 1.87. The number of methoxy groups -OCH3 is 1. The fraction of sp³-hybridized carbons (Fsp3) is 0.400. The molecule has 0 atom stereocenters. The molecule has 6 heteroatoms. The molecule has 0 fully saturated rings. The van der Waals surface area contributed by atoms with Gasteiger partial charge in [-0.15, -0.1) is 5.10 Å². The van der Waals surface area contributed by atoms with Crippen molar-refractivity contribution in [3.05, 3.63) is 30.0 Å². The largest absolute Gasteiger partial charge is 0.495 e. The number of aryl methyl sites for hydroxylation is 1. The third kappa shape index (κ3) is 4.30. The molecule has 0 aliphatic rings. The van der Waals surface area contributed by atoms with Gasteiger partial charge in [-0.2, -0.15) is 10.1 Å². The van der Waals surface area contributed by atoms with Crippen LogP contribution in [-0.2, 0) is 0 Å². The number of benzene rings is 1. The molecule has 0 radical (unpaired) electrons. The van der Waals surface area contributed by atoms with E-state index in [1.807, 2.05) is 25.1 Å². The van der Waals surface area contributed by atoms with E-state index in [1.165, 1.54) is 0 Å². The van der Waals surface area contributed by atoms with Gasteiger partial charge in [0.05, 0.1) is 19.0 Å². The Bertz CT molecular complexity index is 588. The third-order valence-electron chi connectivity index (χ3n) is 3.00. The molecule has 0 spiro atoms. The lowest BCUT2D eigenvalue weighted by Crippen LogP contribution is -2.07. The highest BCUT2D eigenvalue weighted by molar-refractivity contribution is 5.63. The van der Waals surface area contributed by atoms with Crippen LogP contribution in [0.15, 0.2) is 24.4 Å². The first-order valence-corrected chi connectivity index (χ1v) is 7.08. The Morgan fingerprint density at radius 3 is 2.90 bits per heavy atom. The van der Waals surface area contributed by atoms with Crippen molar-refractivity contribution in [2.24, 2.45) is 0 Å². The van der Waals surface area contributed by atoms with Crippen molar-refractivity contribution in [1.82, 2.24) is 15.2 Å². The number of ether oxygens (including phenoxy) is 1. The van der Waals surface area contributed by atoms with Crippen LogP contribution in [0, 0.1) is 6.92 Å². The Kier molecular flexibility index (Phi) is 5.31. The van der Waals surface area contributed by atoms with Crippen LogP contribution in [0.4, 0.5) is 17.5 Å². The number of hydrogen-bond acceptors (Lipinski definition) is 6. The van der Waals surface area contributed by atoms with Crippen molar-refractivity contribution in [3.63, 3.8) is 0 Å². The number of nitrogens with zero attached hydrogens (tertiary/aromatic N) is 3. The van der Waals surface area contributed by atoms with Crippen LogP contribution in [0.1, 0.15) is 25.3 Å². The van der Waals surface area contributed by atoms with Crippen LogP contribution in [-0.4, -0.2) is 28.8 Å². The van der Waals surface area contributed by atoms with Crippen LogP contribution in [0.5, 0.6) is 5.75 Å². The van der Waals surface area contributed by atoms with Crippen molar-refractivity contribution in [2.75, 3.05) is 24.3 Å². The molecule has 6 nitrogen and oxygen atoms in total. The summed E-state index contributed by atoms with van der Waals surface area (Å²) in [5.74, 6) is 1.90. The minimum atomic E-state index is 0.445. The van der Waals surface area contributed by atoms with Crippen LogP contribution < -0.4 is 15.4 Å². The van der Waals surface area contributed by atoms with Gasteiger partial charge in [0, 0.05) is 6.54 Å². The van der Waals surface area contributed by atoms with Crippen molar-refractivity contribution >= 4 is 17.5 Å². The summed E-state index contributed by atoms with van der Waals surface area (Å²) in [5, 5.41) is 14.3. The summed E-state index contributed by atoms with van der Waals surface area (Å²) >= 11 is 0. The van der Waals surface area contributed by atoms with E-state index in [9.17, 15) is 0 Å². The number of hydrogen-bond donors (Lipinski definition) is 2. The van der Waals surface area contributed by atoms with Crippen molar-refractivity contribution in [1.29, 1.82) is 0 Å². The average Bonchev–Trinajstić information content (AvgIpc) is 2.48. The Morgan fingerprint density at radius 2 is 2.14 bits per heavy atom. The fourth-order valence-corrected chi connectivity index (χ4v) is 1.87. The molecule has 1 aromatic heterocycles. The van der Waals surface area contributed by atoms with Crippen LogP contribution in [0.2, 0.25) is 0 Å². The van der Waals surface area contributed by atoms with E-state index in [1.54, 1.807) is 13.3 Å². The zero-order valence-electron chi connectivity index (χ0n) is 12.7. The average molecular weight is 287 g/mol. The summed E-state index contributed by atoms with van der Waals surface area (Å²) in [4.78, 5) is 4.39. The van der Waals surface area contributed by atoms with Crippen LogP contribution >= 0.6 is 0 Å². The van der Waals surface area contributed by atoms with Crippen LogP contribution in [0.3, 0.4) is 0 Å². The van der Waals surface area contributed by atoms with Crippen molar-refractivity contribution < 1.29 is 4.74 Å². The molecule has 0 aliphatic carbocycles. The third-order valence-corrected chi connectivity index (χ3v) is 3.00. The molecule has 0 bridgehead atoms. The summed E-state index contributed by atoms with van der Waals surface area (Å²) < 4.78 is 5.33. The second kappa shape index (κ2) is 7.42. The minimum Gasteiger partial charge on any atom is -0.495 e. The van der Waals surface area contributed by atoms with Gasteiger partial charge >= 0.3 is 0 Å². The molecular weight excluding hydrogens is 266 g/mol. The Labute approximate surface area is 125 Å². The molecule has 0 saturated heterocycles. The predicted molar refractivity (Wildman–Crippen MR) is 84.2 cm³/mol. The first-order chi connectivity index (χ1) is 10.2. The molecule has 2 aromatic rings. The maximum absolute atomic E-state index is 5.33. The molecular formula is C15H21N5O. The molecule has 0 amide bonds. The Hall–Kier alpha value is -2.37. The first kappa shape index (κ1) is 15.0. The van der Waals surface area contributed by atoms with E-state index < -0.39 is 0 Å². The van der Waals surface area contributed by atoms with E-state index in [4.69, 9.17) is 4.74 Å². The second-order valence-electron chi connectivity index (χ2n) is 4.77. The summed E-state index contributed by atoms with van der Waals surface area (Å²) in [6, 6.07) is 5.89. The number of rotatable bonds is 7. The number of anilines is 3. The van der Waals surface area contributed by atoms with Gasteiger partial charge in [-0.25, -0.2) is 0 Å². The van der Waals surface area contributed by atoms with Gasteiger partial charge < -0.3 is 15.4 Å². The van der Waals surface area contributed by atoms with Gasteiger partial charge in [-0.3, -0.25) is 0 Å². The molecule has 112 valence electrons. The first-order valence-electron chi connectivity index (χ1n) is 7.08. The predicted octanol–water partition coefficient (Wildman–Crippen LogP) is 3.14. The lowest BCUT2D eigenvalue weighted by Gasteiger charge is -2.11. The number of aromatic nitrogens is 3. The normalized spacial score (nSPS) is 10.2. The van der Waals surface area contributed by atoms with Gasteiger partial charge in [0.25, 0.3) is 0 Å². The molecule has 1 aromatic carbocycles. The molecule has 0 unspecified atom stereocenters. The maximum atomic E-state index is 5.33. The molecule has 0 saturated carbocycles. The molecule has 1 heterocycles. The number of unbranched alkanes of at least 4 members (excludes halogenated alkanes) is 1.